The van der Waals surface area contributed by atoms with Gasteiger partial charge in [0.25, 0.3) is 0 Å². The molecule has 23 heavy (non-hydrogen) atoms. The maximum Gasteiger partial charge on any atom is 0.142 e. The number of anilines is 1. The smallest absolute Gasteiger partial charge is 0.142 e. The average molecular weight is 385 g/mol. The molecule has 1 heterocycles. The number of nitriles is 1. The number of aromatic nitrogens is 1. The third-order valence-corrected chi connectivity index (χ3v) is 4.37. The summed E-state index contributed by atoms with van der Waals surface area (Å²) >= 11 is 9.58. The molecule has 0 bridgehead atoms. The number of rotatable bonds is 2. The first-order valence-corrected chi connectivity index (χ1v) is 7.98. The van der Waals surface area contributed by atoms with Crippen LogP contribution in [0.2, 0.25) is 5.02 Å². The minimum Gasteiger partial charge on any atom is -0.383 e. The van der Waals surface area contributed by atoms with E-state index in [2.05, 4.69) is 27.0 Å². The summed E-state index contributed by atoms with van der Waals surface area (Å²) in [5, 5.41) is 10.1. The minimum atomic E-state index is 0.204. The summed E-state index contributed by atoms with van der Waals surface area (Å²) in [6.45, 7) is 0. The van der Waals surface area contributed by atoms with Crippen LogP contribution in [0, 0.1) is 11.3 Å². The first-order chi connectivity index (χ1) is 11.1. The standard InChI is InChI=1S/C18H11BrClN3/c19-16-7-2-1-6-13(16)14-9-17(23-18(22)15(14)10-21)11-4-3-5-12(20)8-11/h1-9H,(H2,22,23). The summed E-state index contributed by atoms with van der Waals surface area (Å²) < 4.78 is 0.888. The normalized spacial score (nSPS) is 10.3. The van der Waals surface area contributed by atoms with Crippen molar-refractivity contribution in [3.8, 4) is 28.5 Å². The van der Waals surface area contributed by atoms with E-state index in [1.165, 1.54) is 0 Å². The average Bonchev–Trinajstić information content (AvgIpc) is 2.54. The molecule has 3 aromatic rings. The first kappa shape index (κ1) is 15.5. The van der Waals surface area contributed by atoms with Crippen LogP contribution in [0.4, 0.5) is 5.82 Å². The Morgan fingerprint density at radius 1 is 1.04 bits per heavy atom. The van der Waals surface area contributed by atoms with Crippen molar-refractivity contribution in [3.05, 3.63) is 69.7 Å². The number of hydrogen-bond donors (Lipinski definition) is 1. The number of nitrogens with zero attached hydrogens (tertiary/aromatic N) is 2. The molecule has 0 aliphatic rings. The van der Waals surface area contributed by atoms with Crippen LogP contribution in [0.1, 0.15) is 5.56 Å². The predicted molar refractivity (Wildman–Crippen MR) is 96.9 cm³/mol. The van der Waals surface area contributed by atoms with E-state index >= 15 is 0 Å². The second kappa shape index (κ2) is 6.41. The third-order valence-electron chi connectivity index (χ3n) is 3.44. The molecule has 0 spiro atoms. The molecule has 3 rings (SSSR count). The largest absolute Gasteiger partial charge is 0.383 e. The molecule has 0 atom stereocenters. The lowest BCUT2D eigenvalue weighted by molar-refractivity contribution is 1.31. The molecule has 0 amide bonds. The van der Waals surface area contributed by atoms with Crippen LogP contribution in [-0.2, 0) is 0 Å². The Kier molecular flexibility index (Phi) is 4.33. The zero-order valence-corrected chi connectivity index (χ0v) is 14.3. The van der Waals surface area contributed by atoms with Gasteiger partial charge in [-0.15, -0.1) is 0 Å². The lowest BCUT2D eigenvalue weighted by Crippen LogP contribution is -2.00. The van der Waals surface area contributed by atoms with Crippen molar-refractivity contribution in [1.82, 2.24) is 4.98 Å². The molecule has 0 radical (unpaired) electrons. The molecule has 3 nitrogen and oxygen atoms in total. The van der Waals surface area contributed by atoms with Crippen molar-refractivity contribution < 1.29 is 0 Å². The second-order valence-corrected chi connectivity index (χ2v) is 6.21. The maximum absolute atomic E-state index is 9.45. The van der Waals surface area contributed by atoms with E-state index in [1.54, 1.807) is 6.07 Å². The van der Waals surface area contributed by atoms with Crippen molar-refractivity contribution in [1.29, 1.82) is 5.26 Å². The SMILES string of the molecule is N#Cc1c(-c2ccccc2Br)cc(-c2cccc(Cl)c2)nc1N. The van der Waals surface area contributed by atoms with Gasteiger partial charge in [-0.1, -0.05) is 57.9 Å². The molecule has 0 saturated carbocycles. The molecule has 2 N–H and O–H groups in total. The Balaban J connectivity index is 2.27. The Labute approximate surface area is 147 Å². The van der Waals surface area contributed by atoms with Crippen molar-refractivity contribution in [3.63, 3.8) is 0 Å². The maximum atomic E-state index is 9.45. The summed E-state index contributed by atoms with van der Waals surface area (Å²) in [6, 6.07) is 19.1. The van der Waals surface area contributed by atoms with Gasteiger partial charge in [0.1, 0.15) is 17.5 Å². The lowest BCUT2D eigenvalue weighted by atomic mass is 9.98. The van der Waals surface area contributed by atoms with E-state index in [1.807, 2.05) is 48.5 Å². The highest BCUT2D eigenvalue weighted by atomic mass is 79.9. The van der Waals surface area contributed by atoms with E-state index in [0.29, 0.717) is 16.3 Å². The summed E-state index contributed by atoms with van der Waals surface area (Å²) in [5.74, 6) is 0.204. The second-order valence-electron chi connectivity index (χ2n) is 4.92. The van der Waals surface area contributed by atoms with Gasteiger partial charge in [-0.2, -0.15) is 5.26 Å². The number of pyridine rings is 1. The Bertz CT molecular complexity index is 932. The highest BCUT2D eigenvalue weighted by Gasteiger charge is 2.15. The van der Waals surface area contributed by atoms with Gasteiger partial charge >= 0.3 is 0 Å². The molecular weight excluding hydrogens is 374 g/mol. The van der Waals surface area contributed by atoms with Crippen LogP contribution >= 0.6 is 27.5 Å². The molecular formula is C18H11BrClN3. The van der Waals surface area contributed by atoms with Gasteiger partial charge < -0.3 is 5.73 Å². The van der Waals surface area contributed by atoms with Crippen LogP contribution in [0.5, 0.6) is 0 Å². The molecule has 0 saturated heterocycles. The monoisotopic (exact) mass is 383 g/mol. The molecule has 0 unspecified atom stereocenters. The van der Waals surface area contributed by atoms with Gasteiger partial charge in [0, 0.05) is 20.6 Å². The predicted octanol–water partition coefficient (Wildman–Crippen LogP) is 5.29. The topological polar surface area (TPSA) is 62.7 Å². The fourth-order valence-corrected chi connectivity index (χ4v) is 3.06. The van der Waals surface area contributed by atoms with Crippen LogP contribution in [0.3, 0.4) is 0 Å². The number of nitrogen functional groups attached to an aromatic ring is 1. The van der Waals surface area contributed by atoms with Gasteiger partial charge in [0.2, 0.25) is 0 Å². The zero-order chi connectivity index (χ0) is 16.4. The third kappa shape index (κ3) is 3.07. The number of hydrogen-bond acceptors (Lipinski definition) is 3. The fraction of sp³-hybridized carbons (Fsp3) is 0. The quantitative estimate of drug-likeness (QED) is 0.653. The van der Waals surface area contributed by atoms with Gasteiger partial charge in [-0.05, 0) is 29.8 Å². The summed E-state index contributed by atoms with van der Waals surface area (Å²) in [6.07, 6.45) is 0. The zero-order valence-electron chi connectivity index (χ0n) is 11.9. The summed E-state index contributed by atoms with van der Waals surface area (Å²) in [5.41, 5.74) is 9.53. The van der Waals surface area contributed by atoms with Crippen LogP contribution in [0.25, 0.3) is 22.4 Å². The van der Waals surface area contributed by atoms with Crippen LogP contribution in [0.15, 0.2) is 59.1 Å². The van der Waals surface area contributed by atoms with Gasteiger partial charge in [0.05, 0.1) is 5.69 Å². The Hall–Kier alpha value is -2.35. The van der Waals surface area contributed by atoms with E-state index in [-0.39, 0.29) is 5.82 Å². The number of halogens is 2. The van der Waals surface area contributed by atoms with Crippen molar-refractivity contribution in [2.75, 3.05) is 5.73 Å². The molecule has 1 aromatic heterocycles. The summed E-state index contributed by atoms with van der Waals surface area (Å²) in [4.78, 5) is 4.35. The van der Waals surface area contributed by atoms with E-state index in [4.69, 9.17) is 17.3 Å². The van der Waals surface area contributed by atoms with Crippen molar-refractivity contribution in [2.45, 2.75) is 0 Å². The van der Waals surface area contributed by atoms with Crippen molar-refractivity contribution >= 4 is 33.3 Å². The van der Waals surface area contributed by atoms with Crippen molar-refractivity contribution in [2.24, 2.45) is 0 Å². The first-order valence-electron chi connectivity index (χ1n) is 6.81. The molecule has 5 heteroatoms. The number of benzene rings is 2. The van der Waals surface area contributed by atoms with Gasteiger partial charge in [-0.25, -0.2) is 4.98 Å². The lowest BCUT2D eigenvalue weighted by Gasteiger charge is -2.11. The highest BCUT2D eigenvalue weighted by Crippen LogP contribution is 2.35. The summed E-state index contributed by atoms with van der Waals surface area (Å²) in [7, 11) is 0. The fourth-order valence-electron chi connectivity index (χ4n) is 2.37. The Morgan fingerprint density at radius 2 is 1.83 bits per heavy atom. The highest BCUT2D eigenvalue weighted by molar-refractivity contribution is 9.10. The molecule has 112 valence electrons. The molecule has 0 aliphatic carbocycles. The van der Waals surface area contributed by atoms with Crippen LogP contribution < -0.4 is 5.73 Å². The molecule has 2 aromatic carbocycles. The van der Waals surface area contributed by atoms with Crippen LogP contribution in [-0.4, -0.2) is 4.98 Å². The number of nitrogens with two attached hydrogens (primary N) is 1. The van der Waals surface area contributed by atoms with E-state index in [9.17, 15) is 5.26 Å². The minimum absolute atomic E-state index is 0.204. The van der Waals surface area contributed by atoms with Gasteiger partial charge in [0.15, 0.2) is 0 Å². The Morgan fingerprint density at radius 3 is 2.52 bits per heavy atom. The molecule has 0 fully saturated rings. The molecule has 0 aliphatic heterocycles. The van der Waals surface area contributed by atoms with E-state index in [0.717, 1.165) is 21.2 Å². The van der Waals surface area contributed by atoms with E-state index < -0.39 is 0 Å². The van der Waals surface area contributed by atoms with Gasteiger partial charge in [-0.3, -0.25) is 0 Å².